The van der Waals surface area contributed by atoms with Crippen molar-refractivity contribution in [2.24, 2.45) is 0 Å². The van der Waals surface area contributed by atoms with Crippen LogP contribution >= 0.6 is 0 Å². The maximum atomic E-state index is 12.8. The number of nitrogens with zero attached hydrogens (tertiary/aromatic N) is 2. The number of para-hydroxylation sites is 1. The van der Waals surface area contributed by atoms with E-state index in [0.29, 0.717) is 34.9 Å². The minimum atomic E-state index is -0.613. The number of carbonyl (C=O) groups is 1. The van der Waals surface area contributed by atoms with Crippen molar-refractivity contribution < 1.29 is 14.6 Å². The first-order valence-electron chi connectivity index (χ1n) is 8.56. The molecule has 1 aliphatic carbocycles. The Kier molecular flexibility index (Phi) is 3.72. The summed E-state index contributed by atoms with van der Waals surface area (Å²) in [6, 6.07) is 5.42. The first-order valence-corrected chi connectivity index (χ1v) is 8.56. The number of aliphatic hydroxyl groups is 1. The number of benzene rings is 1. The van der Waals surface area contributed by atoms with Gasteiger partial charge in [0.05, 0.1) is 23.0 Å². The molecule has 0 bridgehead atoms. The number of nitrogens with one attached hydrogen (secondary N) is 1. The summed E-state index contributed by atoms with van der Waals surface area (Å²) in [6.45, 7) is 3.85. The number of anilines is 1. The van der Waals surface area contributed by atoms with Crippen LogP contribution < -0.4 is 10.1 Å². The van der Waals surface area contributed by atoms with Crippen molar-refractivity contribution in [1.29, 1.82) is 0 Å². The zero-order valence-electron chi connectivity index (χ0n) is 14.3. The number of aromatic nitrogens is 2. The molecule has 6 heteroatoms. The summed E-state index contributed by atoms with van der Waals surface area (Å²) >= 11 is 0. The molecule has 0 saturated heterocycles. The van der Waals surface area contributed by atoms with Crippen LogP contribution in [-0.4, -0.2) is 26.6 Å². The van der Waals surface area contributed by atoms with E-state index in [1.54, 1.807) is 12.3 Å². The standard InChI is InChI=1S/C19H21N3O3/c1-19(2)8-15(23)12-4-3-5-14(17(12)25-19)22-18(24)13-9-20-10-21-16(13)11-6-7-11/h3-5,9-11,15,23H,6-8H2,1-2H3,(H,22,24). The number of rotatable bonds is 3. The van der Waals surface area contributed by atoms with Gasteiger partial charge in [-0.25, -0.2) is 9.97 Å². The van der Waals surface area contributed by atoms with E-state index in [0.717, 1.165) is 18.5 Å². The van der Waals surface area contributed by atoms with E-state index in [-0.39, 0.29) is 5.91 Å². The molecule has 1 aromatic carbocycles. The zero-order chi connectivity index (χ0) is 17.6. The molecule has 130 valence electrons. The van der Waals surface area contributed by atoms with Crippen molar-refractivity contribution >= 4 is 11.6 Å². The monoisotopic (exact) mass is 339 g/mol. The van der Waals surface area contributed by atoms with E-state index in [4.69, 9.17) is 4.74 Å². The minimum absolute atomic E-state index is 0.252. The Hall–Kier alpha value is -2.47. The van der Waals surface area contributed by atoms with Gasteiger partial charge in [0, 0.05) is 24.1 Å². The van der Waals surface area contributed by atoms with E-state index in [1.807, 2.05) is 26.0 Å². The lowest BCUT2D eigenvalue weighted by Gasteiger charge is -2.36. The summed E-state index contributed by atoms with van der Waals surface area (Å²) in [7, 11) is 0. The third kappa shape index (κ3) is 3.09. The van der Waals surface area contributed by atoms with Gasteiger partial charge < -0.3 is 15.2 Å². The lowest BCUT2D eigenvalue weighted by molar-refractivity contribution is 0.0121. The minimum Gasteiger partial charge on any atom is -0.485 e. The van der Waals surface area contributed by atoms with Crippen LogP contribution in [0.15, 0.2) is 30.7 Å². The van der Waals surface area contributed by atoms with E-state index in [9.17, 15) is 9.90 Å². The highest BCUT2D eigenvalue weighted by molar-refractivity contribution is 6.05. The highest BCUT2D eigenvalue weighted by Crippen LogP contribution is 2.44. The van der Waals surface area contributed by atoms with Crippen LogP contribution in [0.1, 0.15) is 66.7 Å². The Balaban J connectivity index is 1.66. The molecular weight excluding hydrogens is 318 g/mol. The Labute approximate surface area is 146 Å². The third-order valence-corrected chi connectivity index (χ3v) is 4.67. The molecule has 1 fully saturated rings. The largest absolute Gasteiger partial charge is 0.485 e. The predicted molar refractivity (Wildman–Crippen MR) is 92.7 cm³/mol. The lowest BCUT2D eigenvalue weighted by Crippen LogP contribution is -2.35. The second-order valence-corrected chi connectivity index (χ2v) is 7.36. The van der Waals surface area contributed by atoms with Crippen molar-refractivity contribution in [2.75, 3.05) is 5.32 Å². The van der Waals surface area contributed by atoms with Crippen LogP contribution in [0.25, 0.3) is 0 Å². The highest BCUT2D eigenvalue weighted by Gasteiger charge is 2.35. The maximum Gasteiger partial charge on any atom is 0.259 e. The fourth-order valence-electron chi connectivity index (χ4n) is 3.31. The topological polar surface area (TPSA) is 84.3 Å². The van der Waals surface area contributed by atoms with Crippen LogP contribution in [-0.2, 0) is 0 Å². The average molecular weight is 339 g/mol. The van der Waals surface area contributed by atoms with Crippen molar-refractivity contribution in [3.8, 4) is 5.75 Å². The number of carbonyl (C=O) groups excluding carboxylic acids is 1. The molecule has 25 heavy (non-hydrogen) atoms. The molecule has 2 N–H and O–H groups in total. The van der Waals surface area contributed by atoms with E-state index >= 15 is 0 Å². The first kappa shape index (κ1) is 16.0. The number of hydrogen-bond acceptors (Lipinski definition) is 5. The Bertz CT molecular complexity index is 830. The van der Waals surface area contributed by atoms with Gasteiger partial charge in [0.25, 0.3) is 5.91 Å². The molecule has 2 aliphatic rings. The van der Waals surface area contributed by atoms with Crippen molar-refractivity contribution in [3.05, 3.63) is 47.5 Å². The summed E-state index contributed by atoms with van der Waals surface area (Å²) in [5.41, 5.74) is 2.06. The Morgan fingerprint density at radius 3 is 2.92 bits per heavy atom. The van der Waals surface area contributed by atoms with Gasteiger partial charge in [-0.3, -0.25) is 4.79 Å². The summed E-state index contributed by atoms with van der Waals surface area (Å²) in [6.07, 6.45) is 5.05. The number of ether oxygens (including phenoxy) is 1. The van der Waals surface area contributed by atoms with Gasteiger partial charge in [-0.1, -0.05) is 12.1 Å². The average Bonchev–Trinajstić information content (AvgIpc) is 3.39. The van der Waals surface area contributed by atoms with E-state index < -0.39 is 11.7 Å². The third-order valence-electron chi connectivity index (χ3n) is 4.67. The van der Waals surface area contributed by atoms with E-state index in [2.05, 4.69) is 15.3 Å². The van der Waals surface area contributed by atoms with Gasteiger partial charge in [0.2, 0.25) is 0 Å². The van der Waals surface area contributed by atoms with Gasteiger partial charge in [-0.2, -0.15) is 0 Å². The molecule has 0 spiro atoms. The second kappa shape index (κ2) is 5.81. The summed E-state index contributed by atoms with van der Waals surface area (Å²) < 4.78 is 6.04. The van der Waals surface area contributed by atoms with Crippen LogP contribution in [0.2, 0.25) is 0 Å². The first-order chi connectivity index (χ1) is 11.9. The molecule has 1 aliphatic heterocycles. The maximum absolute atomic E-state index is 12.8. The highest BCUT2D eigenvalue weighted by atomic mass is 16.5. The normalized spacial score (nSPS) is 21.2. The quantitative estimate of drug-likeness (QED) is 0.897. The number of fused-ring (bicyclic) bond motifs is 1. The van der Waals surface area contributed by atoms with Crippen molar-refractivity contribution in [3.63, 3.8) is 0 Å². The second-order valence-electron chi connectivity index (χ2n) is 7.36. The van der Waals surface area contributed by atoms with Crippen LogP contribution in [0.3, 0.4) is 0 Å². The van der Waals surface area contributed by atoms with Gasteiger partial charge in [0.1, 0.15) is 17.7 Å². The molecule has 2 heterocycles. The Morgan fingerprint density at radius 2 is 2.16 bits per heavy atom. The van der Waals surface area contributed by atoms with Crippen molar-refractivity contribution in [1.82, 2.24) is 9.97 Å². The number of hydrogen-bond donors (Lipinski definition) is 2. The fraction of sp³-hybridized carbons (Fsp3) is 0.421. The summed E-state index contributed by atoms with van der Waals surface area (Å²) in [4.78, 5) is 21.1. The van der Waals surface area contributed by atoms with Crippen LogP contribution in [0.5, 0.6) is 5.75 Å². The smallest absolute Gasteiger partial charge is 0.259 e. The predicted octanol–water partition coefficient (Wildman–Crippen LogP) is 3.20. The molecule has 0 radical (unpaired) electrons. The SMILES string of the molecule is CC1(C)CC(O)c2cccc(NC(=O)c3cncnc3C3CC3)c2O1. The van der Waals surface area contributed by atoms with Gasteiger partial charge >= 0.3 is 0 Å². The molecule has 4 rings (SSSR count). The molecule has 1 saturated carbocycles. The number of amides is 1. The molecule has 6 nitrogen and oxygen atoms in total. The molecule has 2 aromatic rings. The van der Waals surface area contributed by atoms with Gasteiger partial charge in [-0.15, -0.1) is 0 Å². The van der Waals surface area contributed by atoms with Crippen LogP contribution in [0, 0.1) is 0 Å². The van der Waals surface area contributed by atoms with Gasteiger partial charge in [-0.05, 0) is 32.8 Å². The molecule has 1 unspecified atom stereocenters. The van der Waals surface area contributed by atoms with Crippen molar-refractivity contribution in [2.45, 2.75) is 50.7 Å². The number of aliphatic hydroxyl groups excluding tert-OH is 1. The molecular formula is C19H21N3O3. The molecule has 1 atom stereocenters. The van der Waals surface area contributed by atoms with Crippen LogP contribution in [0.4, 0.5) is 5.69 Å². The fourth-order valence-corrected chi connectivity index (χ4v) is 3.31. The summed E-state index contributed by atoms with van der Waals surface area (Å²) in [5, 5.41) is 13.3. The Morgan fingerprint density at radius 1 is 1.36 bits per heavy atom. The summed E-state index contributed by atoms with van der Waals surface area (Å²) in [5.74, 6) is 0.632. The lowest BCUT2D eigenvalue weighted by atomic mass is 9.91. The molecule has 1 amide bonds. The van der Waals surface area contributed by atoms with E-state index in [1.165, 1.54) is 6.33 Å². The molecule has 1 aromatic heterocycles. The van der Waals surface area contributed by atoms with Gasteiger partial charge in [0.15, 0.2) is 0 Å². The zero-order valence-corrected chi connectivity index (χ0v) is 14.3.